The maximum absolute atomic E-state index is 11.6. The van der Waals surface area contributed by atoms with E-state index in [1.807, 2.05) is 0 Å². The first-order chi connectivity index (χ1) is 10.8. The van der Waals surface area contributed by atoms with E-state index in [9.17, 15) is 10.1 Å². The van der Waals surface area contributed by atoms with E-state index >= 15 is 0 Å². The van der Waals surface area contributed by atoms with Crippen molar-refractivity contribution in [2.75, 3.05) is 11.2 Å². The Hall–Kier alpha value is -1.05. The number of nitriles is 1. The largest absolute Gasteiger partial charge is 0.316 e. The summed E-state index contributed by atoms with van der Waals surface area (Å²) < 4.78 is 0. The average Bonchev–Trinajstić information content (AvgIpc) is 2.83. The summed E-state index contributed by atoms with van der Waals surface area (Å²) in [6.07, 6.45) is 12.0. The molecule has 2 rings (SSSR count). The van der Waals surface area contributed by atoms with Gasteiger partial charge in [0.2, 0.25) is 5.91 Å². The summed E-state index contributed by atoms with van der Waals surface area (Å²) in [6.45, 7) is 0. The van der Waals surface area contributed by atoms with E-state index in [2.05, 4.69) is 11.4 Å². The second kappa shape index (κ2) is 9.17. The molecule has 0 fully saturated rings. The first kappa shape index (κ1) is 17.3. The molecule has 0 saturated heterocycles. The number of rotatable bonds is 2. The molecule has 1 aromatic rings. The minimum absolute atomic E-state index is 0.0760. The molecule has 5 heteroatoms. The van der Waals surface area contributed by atoms with Crippen molar-refractivity contribution in [2.24, 2.45) is 0 Å². The molecule has 22 heavy (non-hydrogen) atoms. The van der Waals surface area contributed by atoms with Gasteiger partial charge in [-0.2, -0.15) is 5.26 Å². The molecular formula is C17H23ClN2OS. The molecule has 1 aliphatic rings. The summed E-state index contributed by atoms with van der Waals surface area (Å²) in [4.78, 5) is 12.8. The van der Waals surface area contributed by atoms with Crippen molar-refractivity contribution in [3.8, 4) is 6.07 Å². The minimum atomic E-state index is -0.240. The Labute approximate surface area is 141 Å². The molecule has 0 unspecified atom stereocenters. The molecule has 1 aliphatic carbocycles. The number of amides is 1. The Morgan fingerprint density at radius 1 is 1.09 bits per heavy atom. The van der Waals surface area contributed by atoms with Crippen molar-refractivity contribution >= 4 is 33.8 Å². The standard InChI is InChI=1S/C17H23ClN2OS/c18-11-16(21)20-17-14(12-19)13-9-7-5-3-1-2-4-6-8-10-15(13)22-17/h1-11H2,(H,20,21). The topological polar surface area (TPSA) is 52.9 Å². The fourth-order valence-corrected chi connectivity index (χ4v) is 4.32. The number of thiophene rings is 1. The van der Waals surface area contributed by atoms with Crippen LogP contribution in [0.5, 0.6) is 0 Å². The lowest BCUT2D eigenvalue weighted by Gasteiger charge is -2.08. The van der Waals surface area contributed by atoms with Gasteiger partial charge in [0.25, 0.3) is 0 Å². The summed E-state index contributed by atoms with van der Waals surface area (Å²) in [5.41, 5.74) is 1.83. The van der Waals surface area contributed by atoms with Crippen molar-refractivity contribution in [2.45, 2.75) is 64.2 Å². The molecule has 0 radical (unpaired) electrons. The highest BCUT2D eigenvalue weighted by Gasteiger charge is 2.19. The van der Waals surface area contributed by atoms with Gasteiger partial charge < -0.3 is 5.32 Å². The fourth-order valence-electron chi connectivity index (χ4n) is 2.99. The maximum Gasteiger partial charge on any atom is 0.239 e. The number of aryl methyl sites for hydroxylation is 1. The molecule has 1 amide bonds. The molecule has 1 aromatic heterocycles. The monoisotopic (exact) mass is 338 g/mol. The highest BCUT2D eigenvalue weighted by molar-refractivity contribution is 7.16. The molecule has 3 nitrogen and oxygen atoms in total. The van der Waals surface area contributed by atoms with Gasteiger partial charge in [0.15, 0.2) is 0 Å². The molecule has 0 aliphatic heterocycles. The third-order valence-electron chi connectivity index (χ3n) is 4.16. The zero-order valence-corrected chi connectivity index (χ0v) is 14.5. The van der Waals surface area contributed by atoms with E-state index in [0.29, 0.717) is 10.6 Å². The molecule has 1 heterocycles. The van der Waals surface area contributed by atoms with Gasteiger partial charge in [0.05, 0.1) is 5.56 Å². The number of alkyl halides is 1. The van der Waals surface area contributed by atoms with Crippen molar-refractivity contribution in [3.05, 3.63) is 16.0 Å². The number of nitrogens with zero attached hydrogens (tertiary/aromatic N) is 1. The van der Waals surface area contributed by atoms with E-state index in [0.717, 1.165) is 24.8 Å². The van der Waals surface area contributed by atoms with Crippen LogP contribution in [-0.2, 0) is 17.6 Å². The number of halogens is 1. The molecule has 0 atom stereocenters. The van der Waals surface area contributed by atoms with Gasteiger partial charge in [-0.15, -0.1) is 22.9 Å². The zero-order valence-electron chi connectivity index (χ0n) is 12.9. The Morgan fingerprint density at radius 3 is 2.27 bits per heavy atom. The predicted octanol–water partition coefficient (Wildman–Crippen LogP) is 5.02. The van der Waals surface area contributed by atoms with Gasteiger partial charge in [-0.3, -0.25) is 4.79 Å². The van der Waals surface area contributed by atoms with Crippen LogP contribution in [0.25, 0.3) is 0 Å². The van der Waals surface area contributed by atoms with Crippen LogP contribution >= 0.6 is 22.9 Å². The highest BCUT2D eigenvalue weighted by atomic mass is 35.5. The van der Waals surface area contributed by atoms with Crippen LogP contribution in [0, 0.1) is 11.3 Å². The van der Waals surface area contributed by atoms with Crippen LogP contribution in [0.15, 0.2) is 0 Å². The summed E-state index contributed by atoms with van der Waals surface area (Å²) in [7, 11) is 0. The normalized spacial score (nSPS) is 16.7. The second-order valence-electron chi connectivity index (χ2n) is 5.83. The molecule has 0 spiro atoms. The number of hydrogen-bond donors (Lipinski definition) is 1. The minimum Gasteiger partial charge on any atom is -0.316 e. The van der Waals surface area contributed by atoms with E-state index in [-0.39, 0.29) is 11.8 Å². The van der Waals surface area contributed by atoms with Crippen LogP contribution in [0.2, 0.25) is 0 Å². The van der Waals surface area contributed by atoms with Gasteiger partial charge in [-0.05, 0) is 31.2 Å². The fraction of sp³-hybridized carbons (Fsp3) is 0.647. The number of hydrogen-bond acceptors (Lipinski definition) is 3. The van der Waals surface area contributed by atoms with E-state index < -0.39 is 0 Å². The van der Waals surface area contributed by atoms with Gasteiger partial charge >= 0.3 is 0 Å². The molecule has 0 bridgehead atoms. The van der Waals surface area contributed by atoms with Crippen molar-refractivity contribution in [1.29, 1.82) is 5.26 Å². The van der Waals surface area contributed by atoms with Crippen LogP contribution in [0.3, 0.4) is 0 Å². The number of fused-ring (bicyclic) bond motifs is 1. The molecule has 120 valence electrons. The lowest BCUT2D eigenvalue weighted by molar-refractivity contribution is -0.113. The van der Waals surface area contributed by atoms with Crippen LogP contribution in [0.1, 0.15) is 67.4 Å². The van der Waals surface area contributed by atoms with Gasteiger partial charge in [-0.1, -0.05) is 38.5 Å². The predicted molar refractivity (Wildman–Crippen MR) is 92.7 cm³/mol. The number of anilines is 1. The molecule has 0 aromatic carbocycles. The van der Waals surface area contributed by atoms with Crippen LogP contribution in [-0.4, -0.2) is 11.8 Å². The zero-order chi connectivity index (χ0) is 15.8. The Balaban J connectivity index is 2.22. The molecule has 1 N–H and O–H groups in total. The average molecular weight is 339 g/mol. The van der Waals surface area contributed by atoms with E-state index in [1.165, 1.54) is 49.8 Å². The molecular weight excluding hydrogens is 316 g/mol. The quantitative estimate of drug-likeness (QED) is 0.770. The summed E-state index contributed by atoms with van der Waals surface area (Å²) in [5.74, 6) is -0.316. The lowest BCUT2D eigenvalue weighted by atomic mass is 9.98. The third kappa shape index (κ3) is 4.72. The van der Waals surface area contributed by atoms with Gasteiger partial charge in [0.1, 0.15) is 17.0 Å². The Bertz CT molecular complexity index is 548. The highest BCUT2D eigenvalue weighted by Crippen LogP contribution is 2.35. The van der Waals surface area contributed by atoms with Crippen LogP contribution in [0.4, 0.5) is 5.00 Å². The van der Waals surface area contributed by atoms with Crippen LogP contribution < -0.4 is 5.32 Å². The Kier molecular flexibility index (Phi) is 7.21. The first-order valence-corrected chi connectivity index (χ1v) is 9.51. The van der Waals surface area contributed by atoms with Crippen molar-refractivity contribution < 1.29 is 4.79 Å². The summed E-state index contributed by atoms with van der Waals surface area (Å²) in [5, 5.41) is 13.0. The SMILES string of the molecule is N#Cc1c(NC(=O)CCl)sc2c1CCCCCCCCCC2. The summed E-state index contributed by atoms with van der Waals surface area (Å²) in [6, 6.07) is 2.30. The van der Waals surface area contributed by atoms with E-state index in [1.54, 1.807) is 11.3 Å². The summed E-state index contributed by atoms with van der Waals surface area (Å²) >= 11 is 7.13. The smallest absolute Gasteiger partial charge is 0.239 e. The lowest BCUT2D eigenvalue weighted by Crippen LogP contribution is -2.12. The Morgan fingerprint density at radius 2 is 1.68 bits per heavy atom. The maximum atomic E-state index is 11.6. The van der Waals surface area contributed by atoms with Gasteiger partial charge in [0, 0.05) is 4.88 Å². The number of carbonyl (C=O) groups excluding carboxylic acids is 1. The number of carbonyl (C=O) groups is 1. The third-order valence-corrected chi connectivity index (χ3v) is 5.61. The molecule has 0 saturated carbocycles. The van der Waals surface area contributed by atoms with Gasteiger partial charge in [-0.25, -0.2) is 0 Å². The van der Waals surface area contributed by atoms with Crippen molar-refractivity contribution in [1.82, 2.24) is 0 Å². The number of nitrogens with one attached hydrogen (secondary N) is 1. The second-order valence-corrected chi connectivity index (χ2v) is 7.20. The first-order valence-electron chi connectivity index (χ1n) is 8.16. The van der Waals surface area contributed by atoms with Crippen molar-refractivity contribution in [3.63, 3.8) is 0 Å². The van der Waals surface area contributed by atoms with E-state index in [4.69, 9.17) is 11.6 Å².